The highest BCUT2D eigenvalue weighted by Gasteiger charge is 2.01. The van der Waals surface area contributed by atoms with Crippen LogP contribution in [0.2, 0.25) is 0 Å². The molecular formula is C9H15N3O. The van der Waals surface area contributed by atoms with Crippen LogP contribution in [-0.4, -0.2) is 9.78 Å². The summed E-state index contributed by atoms with van der Waals surface area (Å²) in [6, 6.07) is 1.60. The molecule has 0 aliphatic carbocycles. The molecule has 0 saturated carbocycles. The molecule has 0 spiro atoms. The third-order valence-electron chi connectivity index (χ3n) is 1.85. The van der Waals surface area contributed by atoms with Crippen LogP contribution in [0.1, 0.15) is 25.5 Å². The molecule has 0 aliphatic rings. The van der Waals surface area contributed by atoms with Crippen molar-refractivity contribution in [2.45, 2.75) is 33.2 Å². The summed E-state index contributed by atoms with van der Waals surface area (Å²) in [5, 5.41) is 4.10. The Morgan fingerprint density at radius 3 is 2.92 bits per heavy atom. The van der Waals surface area contributed by atoms with Crippen LogP contribution >= 0.6 is 0 Å². The Bertz CT molecular complexity index is 343. The van der Waals surface area contributed by atoms with E-state index in [4.69, 9.17) is 5.73 Å². The maximum Gasteiger partial charge on any atom is 0.289 e. The quantitative estimate of drug-likeness (QED) is 0.754. The van der Waals surface area contributed by atoms with E-state index in [1.165, 1.54) is 4.68 Å². The van der Waals surface area contributed by atoms with E-state index >= 15 is 0 Å². The zero-order valence-electron chi connectivity index (χ0n) is 8.08. The molecule has 4 nitrogen and oxygen atoms in total. The average Bonchev–Trinajstić information content (AvgIpc) is 2.09. The van der Waals surface area contributed by atoms with Gasteiger partial charge in [0.2, 0.25) is 0 Å². The second-order valence-electron chi connectivity index (χ2n) is 3.12. The number of unbranched alkanes of at least 4 members (excludes halogenated alkanes) is 1. The number of anilines is 1. The van der Waals surface area contributed by atoms with Crippen molar-refractivity contribution in [2.24, 2.45) is 0 Å². The molecule has 0 bridgehead atoms. The summed E-state index contributed by atoms with van der Waals surface area (Å²) >= 11 is 0. The topological polar surface area (TPSA) is 60.9 Å². The van der Waals surface area contributed by atoms with E-state index < -0.39 is 0 Å². The van der Waals surface area contributed by atoms with Crippen LogP contribution in [0.3, 0.4) is 0 Å². The third-order valence-corrected chi connectivity index (χ3v) is 1.85. The van der Waals surface area contributed by atoms with Gasteiger partial charge in [-0.1, -0.05) is 13.3 Å². The number of nitrogens with zero attached hydrogens (tertiary/aromatic N) is 2. The molecule has 1 heterocycles. The molecular weight excluding hydrogens is 166 g/mol. The monoisotopic (exact) mass is 181 g/mol. The second kappa shape index (κ2) is 4.07. The van der Waals surface area contributed by atoms with Gasteiger partial charge in [-0.25, -0.2) is 4.68 Å². The first-order chi connectivity index (χ1) is 6.15. The van der Waals surface area contributed by atoms with Gasteiger partial charge in [-0.3, -0.25) is 4.79 Å². The maximum atomic E-state index is 11.4. The summed E-state index contributed by atoms with van der Waals surface area (Å²) in [4.78, 5) is 11.4. The van der Waals surface area contributed by atoms with E-state index in [1.807, 2.05) is 6.92 Å². The van der Waals surface area contributed by atoms with Gasteiger partial charge in [-0.15, -0.1) is 0 Å². The Morgan fingerprint density at radius 1 is 1.62 bits per heavy atom. The summed E-state index contributed by atoms with van der Waals surface area (Å²) in [5.41, 5.74) is 6.40. The van der Waals surface area contributed by atoms with Crippen LogP contribution in [0.5, 0.6) is 0 Å². The minimum absolute atomic E-state index is 0.181. The van der Waals surface area contributed by atoms with E-state index in [-0.39, 0.29) is 11.2 Å². The van der Waals surface area contributed by atoms with Crippen LogP contribution in [0.15, 0.2) is 10.9 Å². The van der Waals surface area contributed by atoms with Crippen molar-refractivity contribution in [3.8, 4) is 0 Å². The van der Waals surface area contributed by atoms with Gasteiger partial charge in [0.15, 0.2) is 0 Å². The van der Waals surface area contributed by atoms with Crippen molar-refractivity contribution in [1.29, 1.82) is 0 Å². The third kappa shape index (κ3) is 2.31. The molecule has 72 valence electrons. The van der Waals surface area contributed by atoms with E-state index in [1.54, 1.807) is 6.07 Å². The zero-order chi connectivity index (χ0) is 9.84. The van der Waals surface area contributed by atoms with Gasteiger partial charge in [0.05, 0.1) is 5.69 Å². The molecule has 0 fully saturated rings. The minimum atomic E-state index is -0.181. The normalized spacial score (nSPS) is 10.3. The molecule has 0 radical (unpaired) electrons. The highest BCUT2D eigenvalue weighted by atomic mass is 16.1. The van der Waals surface area contributed by atoms with Crippen LogP contribution in [0.25, 0.3) is 0 Å². The van der Waals surface area contributed by atoms with Crippen molar-refractivity contribution in [1.82, 2.24) is 9.78 Å². The SMILES string of the molecule is CCCCn1nc(C)cc(N)c1=O. The predicted molar refractivity (Wildman–Crippen MR) is 52.6 cm³/mol. The fourth-order valence-electron chi connectivity index (χ4n) is 1.16. The van der Waals surface area contributed by atoms with Crippen molar-refractivity contribution >= 4 is 5.69 Å². The summed E-state index contributed by atoms with van der Waals surface area (Å²) in [6.45, 7) is 4.56. The Kier molecular flexibility index (Phi) is 3.06. The first-order valence-electron chi connectivity index (χ1n) is 4.49. The van der Waals surface area contributed by atoms with E-state index in [9.17, 15) is 4.79 Å². The number of nitrogen functional groups attached to an aromatic ring is 1. The molecule has 1 rings (SSSR count). The van der Waals surface area contributed by atoms with Gasteiger partial charge in [-0.2, -0.15) is 5.10 Å². The lowest BCUT2D eigenvalue weighted by atomic mass is 10.3. The molecule has 0 atom stereocenters. The number of aryl methyl sites for hydroxylation is 2. The van der Waals surface area contributed by atoms with Crippen molar-refractivity contribution in [3.05, 3.63) is 22.1 Å². The first-order valence-corrected chi connectivity index (χ1v) is 4.49. The van der Waals surface area contributed by atoms with E-state index in [0.29, 0.717) is 6.54 Å². The number of rotatable bonds is 3. The highest BCUT2D eigenvalue weighted by molar-refractivity contribution is 5.34. The molecule has 1 aromatic heterocycles. The lowest BCUT2D eigenvalue weighted by molar-refractivity contribution is 0.539. The molecule has 0 saturated heterocycles. The van der Waals surface area contributed by atoms with E-state index in [2.05, 4.69) is 12.0 Å². The smallest absolute Gasteiger partial charge is 0.289 e. The largest absolute Gasteiger partial charge is 0.394 e. The molecule has 0 aromatic carbocycles. The molecule has 4 heteroatoms. The summed E-state index contributed by atoms with van der Waals surface area (Å²) < 4.78 is 1.44. The second-order valence-corrected chi connectivity index (χ2v) is 3.12. The van der Waals surface area contributed by atoms with Gasteiger partial charge in [0, 0.05) is 6.54 Å². The Labute approximate surface area is 77.4 Å². The van der Waals surface area contributed by atoms with Gasteiger partial charge in [-0.05, 0) is 19.4 Å². The predicted octanol–water partition coefficient (Wildman–Crippen LogP) is 0.934. The van der Waals surface area contributed by atoms with Crippen LogP contribution in [0, 0.1) is 6.92 Å². The van der Waals surface area contributed by atoms with Gasteiger partial charge in [0.1, 0.15) is 5.69 Å². The highest BCUT2D eigenvalue weighted by Crippen LogP contribution is 1.97. The number of aromatic nitrogens is 2. The van der Waals surface area contributed by atoms with Crippen LogP contribution in [0.4, 0.5) is 5.69 Å². The Balaban J connectivity index is 2.99. The standard InChI is InChI=1S/C9H15N3O/c1-3-4-5-12-9(13)8(10)6-7(2)11-12/h6H,3-5,10H2,1-2H3. The fourth-order valence-corrected chi connectivity index (χ4v) is 1.16. The molecule has 0 amide bonds. The van der Waals surface area contributed by atoms with Crippen molar-refractivity contribution < 1.29 is 0 Å². The first kappa shape index (κ1) is 9.77. The molecule has 1 aromatic rings. The van der Waals surface area contributed by atoms with Gasteiger partial charge < -0.3 is 5.73 Å². The molecule has 13 heavy (non-hydrogen) atoms. The summed E-state index contributed by atoms with van der Waals surface area (Å²) in [7, 11) is 0. The average molecular weight is 181 g/mol. The van der Waals surface area contributed by atoms with Gasteiger partial charge in [0.25, 0.3) is 5.56 Å². The van der Waals surface area contributed by atoms with E-state index in [0.717, 1.165) is 18.5 Å². The summed E-state index contributed by atoms with van der Waals surface area (Å²) in [5.74, 6) is 0. The zero-order valence-corrected chi connectivity index (χ0v) is 8.08. The van der Waals surface area contributed by atoms with Gasteiger partial charge >= 0.3 is 0 Å². The Hall–Kier alpha value is -1.32. The molecule has 2 N–H and O–H groups in total. The number of nitrogens with two attached hydrogens (primary N) is 1. The maximum absolute atomic E-state index is 11.4. The molecule has 0 unspecified atom stereocenters. The fraction of sp³-hybridized carbons (Fsp3) is 0.556. The van der Waals surface area contributed by atoms with Crippen LogP contribution < -0.4 is 11.3 Å². The Morgan fingerprint density at radius 2 is 2.31 bits per heavy atom. The van der Waals surface area contributed by atoms with Crippen molar-refractivity contribution in [2.75, 3.05) is 5.73 Å². The lowest BCUT2D eigenvalue weighted by Gasteiger charge is -2.05. The molecule has 0 aliphatic heterocycles. The lowest BCUT2D eigenvalue weighted by Crippen LogP contribution is -2.26. The summed E-state index contributed by atoms with van der Waals surface area (Å²) in [6.07, 6.45) is 2.00. The number of hydrogen-bond acceptors (Lipinski definition) is 3. The van der Waals surface area contributed by atoms with Crippen LogP contribution in [-0.2, 0) is 6.54 Å². The van der Waals surface area contributed by atoms with Crippen molar-refractivity contribution in [3.63, 3.8) is 0 Å². The number of hydrogen-bond donors (Lipinski definition) is 1. The minimum Gasteiger partial charge on any atom is -0.394 e.